The van der Waals surface area contributed by atoms with E-state index in [1.54, 1.807) is 0 Å². The maximum Gasteiger partial charge on any atom is 0.223 e. The van der Waals surface area contributed by atoms with Crippen LogP contribution in [-0.4, -0.2) is 22.4 Å². The fourth-order valence-electron chi connectivity index (χ4n) is 2.55. The van der Waals surface area contributed by atoms with Crippen LogP contribution >= 0.6 is 38.9 Å². The minimum Gasteiger partial charge on any atom is -0.328 e. The van der Waals surface area contributed by atoms with Gasteiger partial charge in [0.2, 0.25) is 5.91 Å². The van der Waals surface area contributed by atoms with Gasteiger partial charge in [-0.15, -0.1) is 11.3 Å². The predicted molar refractivity (Wildman–Crippen MR) is 83.6 cm³/mol. The Balaban J connectivity index is 2.45. The van der Waals surface area contributed by atoms with Crippen LogP contribution in [0.2, 0.25) is 4.34 Å². The summed E-state index contributed by atoms with van der Waals surface area (Å²) in [6.07, 6.45) is 1.25. The molecule has 2 atom stereocenters. The van der Waals surface area contributed by atoms with Gasteiger partial charge in [-0.3, -0.25) is 4.79 Å². The van der Waals surface area contributed by atoms with Crippen LogP contribution < -0.4 is 5.73 Å². The summed E-state index contributed by atoms with van der Waals surface area (Å²) in [5, 5.41) is 0. The average Bonchev–Trinajstić information content (AvgIpc) is 2.60. The van der Waals surface area contributed by atoms with Gasteiger partial charge in [-0.2, -0.15) is 0 Å². The topological polar surface area (TPSA) is 46.3 Å². The normalized spacial score (nSPS) is 24.9. The molecule has 1 aliphatic rings. The molecule has 1 amide bonds. The third-order valence-corrected chi connectivity index (χ3v) is 5.87. The summed E-state index contributed by atoms with van der Waals surface area (Å²) in [7, 11) is 0. The van der Waals surface area contributed by atoms with Crippen molar-refractivity contribution in [3.05, 3.63) is 19.8 Å². The predicted octanol–water partition coefficient (Wildman–Crippen LogP) is 3.95. The average molecular weight is 366 g/mol. The standard InChI is InChI=1S/C13H18BrClN2OS/c1-13(2,3)17-10(18)5-4-8(16)11(17)9-6-7(14)12(15)19-9/h6,8,11H,4-5,16H2,1-3H3. The molecule has 0 aliphatic carbocycles. The van der Waals surface area contributed by atoms with E-state index >= 15 is 0 Å². The van der Waals surface area contributed by atoms with Crippen LogP contribution in [0.4, 0.5) is 0 Å². The van der Waals surface area contributed by atoms with Gasteiger partial charge in [0.05, 0.1) is 6.04 Å². The van der Waals surface area contributed by atoms with Gasteiger partial charge < -0.3 is 10.6 Å². The van der Waals surface area contributed by atoms with Crippen LogP contribution in [-0.2, 0) is 4.79 Å². The Labute approximate surface area is 131 Å². The van der Waals surface area contributed by atoms with E-state index in [1.165, 1.54) is 11.3 Å². The van der Waals surface area contributed by atoms with Crippen LogP contribution in [0.3, 0.4) is 0 Å². The number of nitrogens with two attached hydrogens (primary N) is 1. The first-order valence-corrected chi connectivity index (χ1v) is 8.23. The second-order valence-electron chi connectivity index (χ2n) is 5.85. The Morgan fingerprint density at radius 1 is 1.53 bits per heavy atom. The largest absolute Gasteiger partial charge is 0.328 e. The Kier molecular flexibility index (Phi) is 4.31. The Morgan fingerprint density at radius 3 is 2.63 bits per heavy atom. The molecule has 1 saturated heterocycles. The zero-order chi connectivity index (χ0) is 14.4. The Morgan fingerprint density at radius 2 is 2.16 bits per heavy atom. The van der Waals surface area contributed by atoms with Crippen molar-refractivity contribution in [3.8, 4) is 0 Å². The van der Waals surface area contributed by atoms with Crippen molar-refractivity contribution in [2.24, 2.45) is 5.73 Å². The van der Waals surface area contributed by atoms with Gasteiger partial charge in [0.1, 0.15) is 4.34 Å². The van der Waals surface area contributed by atoms with Gasteiger partial charge in [0.15, 0.2) is 0 Å². The van der Waals surface area contributed by atoms with Gasteiger partial charge in [0, 0.05) is 27.4 Å². The fourth-order valence-corrected chi connectivity index (χ4v) is 4.46. The van der Waals surface area contributed by atoms with Crippen molar-refractivity contribution >= 4 is 44.8 Å². The lowest BCUT2D eigenvalue weighted by atomic mass is 9.90. The van der Waals surface area contributed by atoms with E-state index in [0.717, 1.165) is 15.8 Å². The van der Waals surface area contributed by atoms with Crippen LogP contribution in [0.1, 0.15) is 44.5 Å². The minimum absolute atomic E-state index is 0.0430. The van der Waals surface area contributed by atoms with E-state index in [9.17, 15) is 4.79 Å². The van der Waals surface area contributed by atoms with Crippen molar-refractivity contribution < 1.29 is 4.79 Å². The summed E-state index contributed by atoms with van der Waals surface area (Å²) in [5.41, 5.74) is 6.03. The molecule has 2 heterocycles. The highest BCUT2D eigenvalue weighted by Gasteiger charge is 2.41. The molecular weight excluding hydrogens is 348 g/mol. The van der Waals surface area contributed by atoms with E-state index in [-0.39, 0.29) is 23.5 Å². The zero-order valence-electron chi connectivity index (χ0n) is 11.2. The molecule has 6 heteroatoms. The monoisotopic (exact) mass is 364 g/mol. The summed E-state index contributed by atoms with van der Waals surface area (Å²) in [6.45, 7) is 6.13. The molecule has 2 rings (SSSR count). The SMILES string of the molecule is CC(C)(C)N1C(=O)CCC(N)C1c1cc(Br)c(Cl)s1. The number of rotatable bonds is 1. The number of carbonyl (C=O) groups excluding carboxylic acids is 1. The summed E-state index contributed by atoms with van der Waals surface area (Å²) in [4.78, 5) is 15.3. The van der Waals surface area contributed by atoms with Crippen molar-refractivity contribution in [1.82, 2.24) is 4.90 Å². The van der Waals surface area contributed by atoms with Crippen LogP contribution in [0.25, 0.3) is 0 Å². The number of hydrogen-bond donors (Lipinski definition) is 1. The zero-order valence-corrected chi connectivity index (χ0v) is 14.4. The van der Waals surface area contributed by atoms with Crippen molar-refractivity contribution in [3.63, 3.8) is 0 Å². The number of carbonyl (C=O) groups is 1. The molecule has 3 nitrogen and oxygen atoms in total. The molecule has 0 bridgehead atoms. The fraction of sp³-hybridized carbons (Fsp3) is 0.615. The first-order valence-electron chi connectivity index (χ1n) is 6.24. The van der Waals surface area contributed by atoms with Crippen LogP contribution in [0, 0.1) is 0 Å². The van der Waals surface area contributed by atoms with E-state index in [1.807, 2.05) is 31.7 Å². The maximum absolute atomic E-state index is 12.3. The lowest BCUT2D eigenvalue weighted by Gasteiger charge is -2.46. The van der Waals surface area contributed by atoms with Gasteiger partial charge in [-0.1, -0.05) is 11.6 Å². The lowest BCUT2D eigenvalue weighted by Crippen LogP contribution is -2.55. The maximum atomic E-state index is 12.3. The molecule has 1 aromatic rings. The van der Waals surface area contributed by atoms with Crippen molar-refractivity contribution in [1.29, 1.82) is 0 Å². The van der Waals surface area contributed by atoms with Gasteiger partial charge in [-0.05, 0) is 49.2 Å². The molecule has 2 N–H and O–H groups in total. The van der Waals surface area contributed by atoms with Crippen LogP contribution in [0.5, 0.6) is 0 Å². The van der Waals surface area contributed by atoms with Crippen molar-refractivity contribution in [2.75, 3.05) is 0 Å². The molecule has 0 radical (unpaired) electrons. The number of piperidine rings is 1. The Bertz CT molecular complexity index is 478. The van der Waals surface area contributed by atoms with Crippen LogP contribution in [0.15, 0.2) is 10.5 Å². The first kappa shape index (κ1) is 15.3. The van der Waals surface area contributed by atoms with E-state index < -0.39 is 0 Å². The second kappa shape index (κ2) is 5.35. The quantitative estimate of drug-likeness (QED) is 0.819. The molecule has 0 aromatic carbocycles. The number of thiophene rings is 1. The van der Waals surface area contributed by atoms with E-state index in [0.29, 0.717) is 10.8 Å². The van der Waals surface area contributed by atoms with Gasteiger partial charge in [-0.25, -0.2) is 0 Å². The number of halogens is 2. The summed E-state index contributed by atoms with van der Waals surface area (Å²) in [5.74, 6) is 0.167. The van der Waals surface area contributed by atoms with Crippen molar-refractivity contribution in [2.45, 2.75) is 51.2 Å². The Hall–Kier alpha value is -0.100. The highest BCUT2D eigenvalue weighted by molar-refractivity contribution is 9.10. The summed E-state index contributed by atoms with van der Waals surface area (Å²) in [6, 6.07) is 1.85. The summed E-state index contributed by atoms with van der Waals surface area (Å²) >= 11 is 11.0. The molecule has 1 aromatic heterocycles. The molecular formula is C13H18BrClN2OS. The molecule has 0 spiro atoms. The molecule has 2 unspecified atom stereocenters. The second-order valence-corrected chi connectivity index (χ2v) is 8.39. The van der Waals surface area contributed by atoms with E-state index in [4.69, 9.17) is 17.3 Å². The molecule has 19 heavy (non-hydrogen) atoms. The first-order chi connectivity index (χ1) is 8.71. The highest BCUT2D eigenvalue weighted by atomic mass is 79.9. The van der Waals surface area contributed by atoms with Gasteiger partial charge >= 0.3 is 0 Å². The molecule has 0 saturated carbocycles. The summed E-state index contributed by atoms with van der Waals surface area (Å²) < 4.78 is 1.57. The smallest absolute Gasteiger partial charge is 0.223 e. The number of likely N-dealkylation sites (tertiary alicyclic amines) is 1. The number of amides is 1. The lowest BCUT2D eigenvalue weighted by molar-refractivity contribution is -0.143. The van der Waals surface area contributed by atoms with E-state index in [2.05, 4.69) is 15.9 Å². The molecule has 1 fully saturated rings. The van der Waals surface area contributed by atoms with Gasteiger partial charge in [0.25, 0.3) is 0 Å². The minimum atomic E-state index is -0.247. The third kappa shape index (κ3) is 2.99. The third-order valence-electron chi connectivity index (χ3n) is 3.32. The molecule has 106 valence electrons. The number of nitrogens with zero attached hydrogens (tertiary/aromatic N) is 1. The molecule has 1 aliphatic heterocycles. The highest BCUT2D eigenvalue weighted by Crippen LogP contribution is 2.42. The number of hydrogen-bond acceptors (Lipinski definition) is 3.